The smallest absolute Gasteiger partial charge is 0.233 e. The minimum absolute atomic E-state index is 0.0285. The maximum atomic E-state index is 12.1. The Kier molecular flexibility index (Phi) is 6.02. The van der Waals surface area contributed by atoms with E-state index in [1.165, 1.54) is 0 Å². The maximum absolute atomic E-state index is 12.1. The van der Waals surface area contributed by atoms with Gasteiger partial charge in [0.25, 0.3) is 0 Å². The standard InChI is InChI=1S/C13H25N3OS/c1-3-16(4-2)10-6-9-15-12(17)13(11(14)18)7-5-8-13/h3-10H2,1-2H3,(H2,14,18)(H,15,17). The van der Waals surface area contributed by atoms with Crippen LogP contribution in [0.3, 0.4) is 0 Å². The number of nitrogens with zero attached hydrogens (tertiary/aromatic N) is 1. The third-order valence-corrected chi connectivity index (χ3v) is 4.34. The van der Waals surface area contributed by atoms with Gasteiger partial charge in [0, 0.05) is 6.54 Å². The molecule has 1 fully saturated rings. The normalized spacial score (nSPS) is 17.3. The second-order valence-corrected chi connectivity index (χ2v) is 5.38. The lowest BCUT2D eigenvalue weighted by Gasteiger charge is -2.39. The molecule has 3 N–H and O–H groups in total. The Hall–Kier alpha value is -0.680. The van der Waals surface area contributed by atoms with E-state index in [1.54, 1.807) is 0 Å². The molecule has 0 bridgehead atoms. The van der Waals surface area contributed by atoms with Gasteiger partial charge in [-0.25, -0.2) is 0 Å². The van der Waals surface area contributed by atoms with Gasteiger partial charge >= 0.3 is 0 Å². The zero-order valence-electron chi connectivity index (χ0n) is 11.5. The monoisotopic (exact) mass is 271 g/mol. The molecular formula is C13H25N3OS. The Labute approximate surface area is 115 Å². The van der Waals surface area contributed by atoms with Crippen LogP contribution >= 0.6 is 12.2 Å². The highest BCUT2D eigenvalue weighted by Gasteiger charge is 2.46. The summed E-state index contributed by atoms with van der Waals surface area (Å²) in [6.07, 6.45) is 3.64. The van der Waals surface area contributed by atoms with Crippen molar-refractivity contribution in [3.8, 4) is 0 Å². The number of rotatable bonds is 8. The van der Waals surface area contributed by atoms with Crippen molar-refractivity contribution in [1.29, 1.82) is 0 Å². The van der Waals surface area contributed by atoms with Crippen molar-refractivity contribution >= 4 is 23.1 Å². The third kappa shape index (κ3) is 3.42. The summed E-state index contributed by atoms with van der Waals surface area (Å²) >= 11 is 5.02. The molecule has 0 saturated heterocycles. The molecule has 104 valence electrons. The van der Waals surface area contributed by atoms with Crippen molar-refractivity contribution in [3.63, 3.8) is 0 Å². The van der Waals surface area contributed by atoms with Gasteiger partial charge < -0.3 is 16.0 Å². The molecule has 4 nitrogen and oxygen atoms in total. The van der Waals surface area contributed by atoms with Crippen molar-refractivity contribution in [2.24, 2.45) is 11.1 Å². The van der Waals surface area contributed by atoms with Gasteiger partial charge in [0.1, 0.15) is 0 Å². The summed E-state index contributed by atoms with van der Waals surface area (Å²) in [5.41, 5.74) is 5.15. The van der Waals surface area contributed by atoms with E-state index in [2.05, 4.69) is 24.1 Å². The van der Waals surface area contributed by atoms with E-state index >= 15 is 0 Å². The zero-order chi connectivity index (χ0) is 13.6. The minimum atomic E-state index is -0.537. The van der Waals surface area contributed by atoms with Crippen LogP contribution in [-0.2, 0) is 4.79 Å². The first-order valence-electron chi connectivity index (χ1n) is 6.87. The van der Waals surface area contributed by atoms with E-state index in [0.717, 1.165) is 45.3 Å². The zero-order valence-corrected chi connectivity index (χ0v) is 12.3. The van der Waals surface area contributed by atoms with Crippen molar-refractivity contribution < 1.29 is 4.79 Å². The molecule has 0 atom stereocenters. The highest BCUT2D eigenvalue weighted by atomic mass is 32.1. The summed E-state index contributed by atoms with van der Waals surface area (Å²) in [4.78, 5) is 14.8. The molecule has 0 spiro atoms. The Bertz CT molecular complexity index is 299. The lowest BCUT2D eigenvalue weighted by Crippen LogP contribution is -2.53. The van der Waals surface area contributed by atoms with Crippen LogP contribution in [0.15, 0.2) is 0 Å². The molecule has 1 amide bonds. The molecule has 1 rings (SSSR count). The second-order valence-electron chi connectivity index (χ2n) is 4.94. The summed E-state index contributed by atoms with van der Waals surface area (Å²) in [5, 5.41) is 2.98. The van der Waals surface area contributed by atoms with Gasteiger partial charge in [-0.1, -0.05) is 32.5 Å². The van der Waals surface area contributed by atoms with Crippen molar-refractivity contribution in [2.75, 3.05) is 26.2 Å². The lowest BCUT2D eigenvalue weighted by molar-refractivity contribution is -0.130. The van der Waals surface area contributed by atoms with Gasteiger partial charge in [-0.3, -0.25) is 4.79 Å². The van der Waals surface area contributed by atoms with Gasteiger partial charge in [0.15, 0.2) is 0 Å². The Balaban J connectivity index is 2.27. The molecule has 1 saturated carbocycles. The average molecular weight is 271 g/mol. The van der Waals surface area contributed by atoms with Gasteiger partial charge in [-0.15, -0.1) is 0 Å². The van der Waals surface area contributed by atoms with Gasteiger partial charge in [0.2, 0.25) is 5.91 Å². The van der Waals surface area contributed by atoms with Crippen LogP contribution in [0.4, 0.5) is 0 Å². The first kappa shape index (κ1) is 15.4. The maximum Gasteiger partial charge on any atom is 0.233 e. The first-order chi connectivity index (χ1) is 8.56. The SMILES string of the molecule is CCN(CC)CCCNC(=O)C1(C(N)=S)CCC1. The Morgan fingerprint density at radius 2 is 2.00 bits per heavy atom. The number of carbonyl (C=O) groups is 1. The van der Waals surface area contributed by atoms with Crippen LogP contribution in [0, 0.1) is 5.41 Å². The molecule has 0 heterocycles. The predicted octanol–water partition coefficient (Wildman–Crippen LogP) is 1.29. The fourth-order valence-corrected chi connectivity index (χ4v) is 2.63. The third-order valence-electron chi connectivity index (χ3n) is 3.94. The van der Waals surface area contributed by atoms with Crippen molar-refractivity contribution in [1.82, 2.24) is 10.2 Å². The largest absolute Gasteiger partial charge is 0.392 e. The molecule has 0 aromatic carbocycles. The molecule has 18 heavy (non-hydrogen) atoms. The molecule has 0 unspecified atom stereocenters. The average Bonchev–Trinajstić information content (AvgIpc) is 2.27. The Morgan fingerprint density at radius 1 is 1.39 bits per heavy atom. The van der Waals surface area contributed by atoms with Crippen LogP contribution in [0.25, 0.3) is 0 Å². The second kappa shape index (κ2) is 7.04. The molecule has 0 aromatic heterocycles. The number of thiocarbonyl (C=S) groups is 1. The fraction of sp³-hybridized carbons (Fsp3) is 0.846. The highest BCUT2D eigenvalue weighted by Crippen LogP contribution is 2.41. The van der Waals surface area contributed by atoms with Gasteiger partial charge in [0.05, 0.1) is 10.4 Å². The molecule has 5 heteroatoms. The van der Waals surface area contributed by atoms with Crippen molar-refractivity contribution in [3.05, 3.63) is 0 Å². The first-order valence-corrected chi connectivity index (χ1v) is 7.28. The summed E-state index contributed by atoms with van der Waals surface area (Å²) in [6.45, 7) is 8.15. The van der Waals surface area contributed by atoms with Crippen LogP contribution in [0.1, 0.15) is 39.5 Å². The van der Waals surface area contributed by atoms with Crippen LogP contribution in [0.2, 0.25) is 0 Å². The van der Waals surface area contributed by atoms with E-state index in [-0.39, 0.29) is 5.91 Å². The number of amides is 1. The lowest BCUT2D eigenvalue weighted by atomic mass is 9.68. The van der Waals surface area contributed by atoms with Gasteiger partial charge in [-0.05, 0) is 38.9 Å². The van der Waals surface area contributed by atoms with Crippen molar-refractivity contribution in [2.45, 2.75) is 39.5 Å². The number of hydrogen-bond acceptors (Lipinski definition) is 3. The number of hydrogen-bond donors (Lipinski definition) is 2. The van der Waals surface area contributed by atoms with E-state index in [0.29, 0.717) is 11.5 Å². The number of nitrogens with two attached hydrogens (primary N) is 1. The van der Waals surface area contributed by atoms with E-state index in [4.69, 9.17) is 18.0 Å². The van der Waals surface area contributed by atoms with Crippen LogP contribution < -0.4 is 11.1 Å². The predicted molar refractivity (Wildman–Crippen MR) is 78.5 cm³/mol. The number of carbonyl (C=O) groups excluding carboxylic acids is 1. The highest BCUT2D eigenvalue weighted by molar-refractivity contribution is 7.80. The van der Waals surface area contributed by atoms with E-state index in [1.807, 2.05) is 0 Å². The topological polar surface area (TPSA) is 58.4 Å². The summed E-state index contributed by atoms with van der Waals surface area (Å²) in [6, 6.07) is 0. The number of nitrogens with one attached hydrogen (secondary N) is 1. The summed E-state index contributed by atoms with van der Waals surface area (Å²) in [7, 11) is 0. The minimum Gasteiger partial charge on any atom is -0.392 e. The summed E-state index contributed by atoms with van der Waals surface area (Å²) < 4.78 is 0. The molecular weight excluding hydrogens is 246 g/mol. The van der Waals surface area contributed by atoms with E-state index < -0.39 is 5.41 Å². The molecule has 0 aliphatic heterocycles. The molecule has 1 aliphatic rings. The molecule has 0 aromatic rings. The molecule has 0 radical (unpaired) electrons. The summed E-state index contributed by atoms with van der Waals surface area (Å²) in [5.74, 6) is 0.0285. The Morgan fingerprint density at radius 3 is 2.39 bits per heavy atom. The fourth-order valence-electron chi connectivity index (χ4n) is 2.33. The van der Waals surface area contributed by atoms with Crippen LogP contribution in [0.5, 0.6) is 0 Å². The van der Waals surface area contributed by atoms with Crippen LogP contribution in [-0.4, -0.2) is 42.0 Å². The molecule has 1 aliphatic carbocycles. The van der Waals surface area contributed by atoms with E-state index in [9.17, 15) is 4.79 Å². The van der Waals surface area contributed by atoms with Gasteiger partial charge in [-0.2, -0.15) is 0 Å². The quantitative estimate of drug-likeness (QED) is 0.516.